The fraction of sp³-hybridized carbons (Fsp3) is 0.462. The van der Waals surface area contributed by atoms with Gasteiger partial charge in [-0.3, -0.25) is 4.79 Å². The molecule has 1 aromatic carbocycles. The number of benzene rings is 1. The number of nitrogens with two attached hydrogens (primary N) is 1. The van der Waals surface area contributed by atoms with Crippen molar-refractivity contribution >= 4 is 29.9 Å². The number of rotatable bonds is 4. The van der Waals surface area contributed by atoms with Crippen LogP contribution in [0.3, 0.4) is 0 Å². The molecule has 0 fully saturated rings. The van der Waals surface area contributed by atoms with Gasteiger partial charge in [0.2, 0.25) is 5.91 Å². The van der Waals surface area contributed by atoms with Crippen LogP contribution in [0.4, 0.5) is 0 Å². The second kappa shape index (κ2) is 7.57. The molecule has 112 valence electrons. The zero-order chi connectivity index (χ0) is 13.8. The highest BCUT2D eigenvalue weighted by atomic mass is 35.5. The largest absolute Gasteiger partial charge is 0.486 e. The first-order chi connectivity index (χ1) is 9.08. The van der Waals surface area contributed by atoms with E-state index < -0.39 is 6.04 Å². The Hall–Kier alpha value is -1.17. The quantitative estimate of drug-likeness (QED) is 0.882. The lowest BCUT2D eigenvalue weighted by Crippen LogP contribution is -2.39. The maximum atomic E-state index is 11.3. The Morgan fingerprint density at radius 1 is 1.45 bits per heavy atom. The minimum atomic E-state index is -0.496. The van der Waals surface area contributed by atoms with E-state index in [2.05, 4.69) is 5.32 Å². The molecule has 0 bridgehead atoms. The number of carbonyl (C=O) groups excluding carboxylic acids is 1. The summed E-state index contributed by atoms with van der Waals surface area (Å²) in [4.78, 5) is 11.3. The average Bonchev–Trinajstić information content (AvgIpc) is 2.38. The van der Waals surface area contributed by atoms with E-state index in [9.17, 15) is 4.79 Å². The van der Waals surface area contributed by atoms with Gasteiger partial charge in [0.1, 0.15) is 13.2 Å². The molecule has 1 atom stereocenters. The molecular formula is C13H18Cl2N2O3. The zero-order valence-corrected chi connectivity index (χ0v) is 12.7. The fourth-order valence-corrected chi connectivity index (χ4v) is 2.09. The van der Waals surface area contributed by atoms with Gasteiger partial charge in [-0.2, -0.15) is 0 Å². The Morgan fingerprint density at radius 2 is 2.15 bits per heavy atom. The van der Waals surface area contributed by atoms with E-state index in [0.717, 1.165) is 5.56 Å². The van der Waals surface area contributed by atoms with E-state index in [1.807, 2.05) is 12.1 Å². The molecule has 0 spiro atoms. The molecule has 20 heavy (non-hydrogen) atoms. The van der Waals surface area contributed by atoms with E-state index in [0.29, 0.717) is 42.7 Å². The molecule has 0 saturated heterocycles. The number of amides is 1. The minimum absolute atomic E-state index is 0. The third kappa shape index (κ3) is 4.16. The van der Waals surface area contributed by atoms with Gasteiger partial charge >= 0.3 is 0 Å². The smallest absolute Gasteiger partial charge is 0.236 e. The highest BCUT2D eigenvalue weighted by molar-refractivity contribution is 6.32. The van der Waals surface area contributed by atoms with Crippen molar-refractivity contribution < 1.29 is 14.3 Å². The first-order valence-electron chi connectivity index (χ1n) is 6.19. The predicted octanol–water partition coefficient (Wildman–Crippen LogP) is 1.54. The highest BCUT2D eigenvalue weighted by Gasteiger charge is 2.16. The van der Waals surface area contributed by atoms with Gasteiger partial charge < -0.3 is 20.5 Å². The van der Waals surface area contributed by atoms with Gasteiger partial charge in [0.05, 0.1) is 11.1 Å². The molecule has 0 aliphatic carbocycles. The average molecular weight is 321 g/mol. The standard InChI is InChI=1S/C13H17ClN2O3.ClH/c1-8(15)13(17)16-3-2-9-6-10(14)12-11(7-9)18-4-5-19-12;/h6-8H,2-5,15H2,1H3,(H,16,17);1H/t8-;/m0./s1. The molecule has 0 unspecified atom stereocenters. The number of ether oxygens (including phenoxy) is 2. The molecule has 1 heterocycles. The summed E-state index contributed by atoms with van der Waals surface area (Å²) in [7, 11) is 0. The summed E-state index contributed by atoms with van der Waals surface area (Å²) in [6.45, 7) is 3.19. The maximum Gasteiger partial charge on any atom is 0.236 e. The van der Waals surface area contributed by atoms with Crippen LogP contribution in [0.5, 0.6) is 11.5 Å². The lowest BCUT2D eigenvalue weighted by molar-refractivity contribution is -0.121. The normalized spacial score (nSPS) is 14.2. The van der Waals surface area contributed by atoms with Crippen molar-refractivity contribution in [2.45, 2.75) is 19.4 Å². The van der Waals surface area contributed by atoms with Crippen LogP contribution in [-0.4, -0.2) is 31.7 Å². The van der Waals surface area contributed by atoms with Crippen LogP contribution in [0.1, 0.15) is 12.5 Å². The number of hydrogen-bond acceptors (Lipinski definition) is 4. The van der Waals surface area contributed by atoms with Gasteiger partial charge in [-0.25, -0.2) is 0 Å². The molecule has 1 aliphatic rings. The second-order valence-electron chi connectivity index (χ2n) is 4.43. The predicted molar refractivity (Wildman–Crippen MR) is 80.1 cm³/mol. The number of halogens is 2. The topological polar surface area (TPSA) is 73.6 Å². The third-order valence-corrected chi connectivity index (χ3v) is 3.06. The zero-order valence-electron chi connectivity index (χ0n) is 11.1. The maximum absolute atomic E-state index is 11.3. The molecule has 2 rings (SSSR count). The number of hydrogen-bond donors (Lipinski definition) is 2. The second-order valence-corrected chi connectivity index (χ2v) is 4.84. The third-order valence-electron chi connectivity index (χ3n) is 2.78. The lowest BCUT2D eigenvalue weighted by Gasteiger charge is -2.20. The monoisotopic (exact) mass is 320 g/mol. The first-order valence-corrected chi connectivity index (χ1v) is 6.57. The highest BCUT2D eigenvalue weighted by Crippen LogP contribution is 2.38. The number of carbonyl (C=O) groups is 1. The minimum Gasteiger partial charge on any atom is -0.486 e. The van der Waals surface area contributed by atoms with Crippen molar-refractivity contribution in [2.24, 2.45) is 5.73 Å². The van der Waals surface area contributed by atoms with Crippen LogP contribution in [0.25, 0.3) is 0 Å². The van der Waals surface area contributed by atoms with Crippen molar-refractivity contribution in [3.63, 3.8) is 0 Å². The fourth-order valence-electron chi connectivity index (χ4n) is 1.80. The molecule has 0 saturated carbocycles. The van der Waals surface area contributed by atoms with Crippen molar-refractivity contribution in [1.82, 2.24) is 5.32 Å². The van der Waals surface area contributed by atoms with Crippen LogP contribution < -0.4 is 20.5 Å². The number of fused-ring (bicyclic) bond motifs is 1. The van der Waals surface area contributed by atoms with Crippen molar-refractivity contribution in [3.05, 3.63) is 22.7 Å². The van der Waals surface area contributed by atoms with Crippen molar-refractivity contribution in [1.29, 1.82) is 0 Å². The summed E-state index contributed by atoms with van der Waals surface area (Å²) < 4.78 is 10.9. The van der Waals surface area contributed by atoms with Crippen LogP contribution in [0.15, 0.2) is 12.1 Å². The Kier molecular flexibility index (Phi) is 6.39. The van der Waals surface area contributed by atoms with Crippen LogP contribution in [0, 0.1) is 0 Å². The molecule has 1 aliphatic heterocycles. The Labute approximate surface area is 129 Å². The molecule has 3 N–H and O–H groups in total. The van der Waals surface area contributed by atoms with E-state index in [1.165, 1.54) is 0 Å². The van der Waals surface area contributed by atoms with E-state index >= 15 is 0 Å². The van der Waals surface area contributed by atoms with Crippen LogP contribution >= 0.6 is 24.0 Å². The molecule has 5 nitrogen and oxygen atoms in total. The number of nitrogens with one attached hydrogen (secondary N) is 1. The first kappa shape index (κ1) is 16.9. The Balaban J connectivity index is 0.00000200. The molecule has 0 aromatic heterocycles. The Bertz CT molecular complexity index is 481. The van der Waals surface area contributed by atoms with Gasteiger partial charge in [0.25, 0.3) is 0 Å². The van der Waals surface area contributed by atoms with Gasteiger partial charge in [0.15, 0.2) is 11.5 Å². The van der Waals surface area contributed by atoms with E-state index in [-0.39, 0.29) is 18.3 Å². The van der Waals surface area contributed by atoms with Gasteiger partial charge in [-0.1, -0.05) is 11.6 Å². The van der Waals surface area contributed by atoms with Crippen LogP contribution in [-0.2, 0) is 11.2 Å². The summed E-state index contributed by atoms with van der Waals surface area (Å²) in [5, 5.41) is 3.28. The van der Waals surface area contributed by atoms with Gasteiger partial charge in [-0.15, -0.1) is 12.4 Å². The van der Waals surface area contributed by atoms with E-state index in [1.54, 1.807) is 6.92 Å². The van der Waals surface area contributed by atoms with Crippen LogP contribution in [0.2, 0.25) is 5.02 Å². The molecule has 1 aromatic rings. The van der Waals surface area contributed by atoms with Gasteiger partial charge in [-0.05, 0) is 31.0 Å². The summed E-state index contributed by atoms with van der Waals surface area (Å²) in [5.74, 6) is 1.09. The SMILES string of the molecule is C[C@H](N)C(=O)NCCc1cc(Cl)c2c(c1)OCCO2.Cl. The Morgan fingerprint density at radius 3 is 2.85 bits per heavy atom. The summed E-state index contributed by atoms with van der Waals surface area (Å²) in [6.07, 6.45) is 0.662. The summed E-state index contributed by atoms with van der Waals surface area (Å²) in [6, 6.07) is 3.22. The molecule has 1 amide bonds. The van der Waals surface area contributed by atoms with E-state index in [4.69, 9.17) is 26.8 Å². The lowest BCUT2D eigenvalue weighted by atomic mass is 10.1. The van der Waals surface area contributed by atoms with Crippen molar-refractivity contribution in [3.8, 4) is 11.5 Å². The molecular weight excluding hydrogens is 303 g/mol. The molecule has 7 heteroatoms. The van der Waals surface area contributed by atoms with Gasteiger partial charge in [0, 0.05) is 6.54 Å². The summed E-state index contributed by atoms with van der Waals surface area (Å²) in [5.41, 5.74) is 6.45. The molecule has 0 radical (unpaired) electrons. The van der Waals surface area contributed by atoms with Crippen molar-refractivity contribution in [2.75, 3.05) is 19.8 Å². The summed E-state index contributed by atoms with van der Waals surface area (Å²) >= 11 is 6.13.